The molecule has 3 aromatic carbocycles. The molecule has 0 aliphatic rings. The van der Waals surface area contributed by atoms with Crippen LogP contribution in [0.15, 0.2) is 83.8 Å². The molecule has 0 fully saturated rings. The van der Waals surface area contributed by atoms with Crippen LogP contribution in [0.1, 0.15) is 43.9 Å². The highest BCUT2D eigenvalue weighted by molar-refractivity contribution is 7.92. The van der Waals surface area contributed by atoms with Crippen molar-refractivity contribution < 1.29 is 18.0 Å². The fraction of sp³-hybridized carbons (Fsp3) is 0.355. The number of nitrogens with one attached hydrogen (secondary N) is 1. The van der Waals surface area contributed by atoms with Crippen LogP contribution in [-0.4, -0.2) is 44.3 Å². The van der Waals surface area contributed by atoms with Crippen molar-refractivity contribution in [2.45, 2.75) is 58.5 Å². The van der Waals surface area contributed by atoms with Gasteiger partial charge in [-0.05, 0) is 67.1 Å². The van der Waals surface area contributed by atoms with Gasteiger partial charge in [-0.3, -0.25) is 13.9 Å². The van der Waals surface area contributed by atoms with Gasteiger partial charge in [-0.15, -0.1) is 0 Å². The number of carbonyl (C=O) groups excluding carboxylic acids is 2. The Hall–Kier alpha value is -3.65. The number of sulfonamides is 1. The predicted molar refractivity (Wildman–Crippen MR) is 156 cm³/mol. The van der Waals surface area contributed by atoms with Crippen LogP contribution in [-0.2, 0) is 26.2 Å². The quantitative estimate of drug-likeness (QED) is 0.341. The molecule has 3 aromatic rings. The maximum atomic E-state index is 14.0. The second kappa shape index (κ2) is 13.4. The molecule has 0 radical (unpaired) electrons. The van der Waals surface area contributed by atoms with Crippen molar-refractivity contribution in [1.29, 1.82) is 0 Å². The lowest BCUT2D eigenvalue weighted by atomic mass is 10.1. The molecule has 0 bridgehead atoms. The van der Waals surface area contributed by atoms with Gasteiger partial charge in [0, 0.05) is 13.1 Å². The highest BCUT2D eigenvalue weighted by atomic mass is 32.2. The van der Waals surface area contributed by atoms with Crippen LogP contribution in [0.4, 0.5) is 5.69 Å². The molecule has 0 saturated heterocycles. The third-order valence-corrected chi connectivity index (χ3v) is 8.44. The van der Waals surface area contributed by atoms with Gasteiger partial charge in [-0.2, -0.15) is 0 Å². The molecule has 0 aliphatic heterocycles. The first kappa shape index (κ1) is 29.9. The fourth-order valence-electron chi connectivity index (χ4n) is 4.25. The first-order chi connectivity index (χ1) is 18.5. The zero-order valence-corrected chi connectivity index (χ0v) is 24.2. The molecular weight excluding hydrogens is 510 g/mol. The number of aryl methyl sites for hydroxylation is 2. The molecule has 1 atom stereocenters. The van der Waals surface area contributed by atoms with Gasteiger partial charge in [0.1, 0.15) is 12.6 Å². The molecule has 0 aromatic heterocycles. The van der Waals surface area contributed by atoms with Gasteiger partial charge in [0.05, 0.1) is 10.6 Å². The van der Waals surface area contributed by atoms with Gasteiger partial charge < -0.3 is 10.2 Å². The molecule has 0 unspecified atom stereocenters. The zero-order chi connectivity index (χ0) is 28.6. The lowest BCUT2D eigenvalue weighted by Gasteiger charge is -2.33. The van der Waals surface area contributed by atoms with Crippen LogP contribution in [0.3, 0.4) is 0 Å². The number of carbonyl (C=O) groups is 2. The zero-order valence-electron chi connectivity index (χ0n) is 23.4. The van der Waals surface area contributed by atoms with Crippen LogP contribution in [0, 0.1) is 19.8 Å². The summed E-state index contributed by atoms with van der Waals surface area (Å²) in [6.07, 6.45) is 0.386. The van der Waals surface area contributed by atoms with E-state index in [4.69, 9.17) is 0 Å². The minimum absolute atomic E-state index is 0.0901. The normalized spacial score (nSPS) is 12.2. The second-order valence-corrected chi connectivity index (χ2v) is 12.0. The standard InChI is InChI=1S/C31H39N3O4S/c1-6-29(31(36)32-20-23(2)3)33(21-26-13-9-7-10-14-26)30(35)22-34(27-18-17-24(4)25(5)19-27)39(37,38)28-15-11-8-12-16-28/h7-19,23,29H,6,20-22H2,1-5H3,(H,32,36)/t29-/m0/s1. The average Bonchev–Trinajstić information content (AvgIpc) is 2.92. The third-order valence-electron chi connectivity index (χ3n) is 6.65. The summed E-state index contributed by atoms with van der Waals surface area (Å²) in [4.78, 5) is 28.9. The van der Waals surface area contributed by atoms with E-state index in [1.807, 2.05) is 71.0 Å². The first-order valence-corrected chi connectivity index (χ1v) is 14.7. The molecule has 8 heteroatoms. The number of benzene rings is 3. The molecule has 0 aliphatic carbocycles. The van der Waals surface area contributed by atoms with Crippen molar-refractivity contribution in [3.8, 4) is 0 Å². The Bertz CT molecular complexity index is 1360. The summed E-state index contributed by atoms with van der Waals surface area (Å²) in [6.45, 7) is 9.94. The summed E-state index contributed by atoms with van der Waals surface area (Å²) in [5.74, 6) is -0.455. The molecule has 0 saturated carbocycles. The average molecular weight is 550 g/mol. The molecule has 7 nitrogen and oxygen atoms in total. The Labute approximate surface area is 232 Å². The molecule has 39 heavy (non-hydrogen) atoms. The van der Waals surface area contributed by atoms with Gasteiger partial charge in [0.2, 0.25) is 11.8 Å². The first-order valence-electron chi connectivity index (χ1n) is 13.3. The molecule has 0 spiro atoms. The van der Waals surface area contributed by atoms with Crippen LogP contribution in [0.2, 0.25) is 0 Å². The molecule has 3 rings (SSSR count). The van der Waals surface area contributed by atoms with Crippen LogP contribution in [0.25, 0.3) is 0 Å². The van der Waals surface area contributed by atoms with E-state index in [-0.39, 0.29) is 23.3 Å². The van der Waals surface area contributed by atoms with Crippen molar-refractivity contribution in [3.63, 3.8) is 0 Å². The van der Waals surface area contributed by atoms with Crippen LogP contribution >= 0.6 is 0 Å². The molecule has 2 amide bonds. The van der Waals surface area contributed by atoms with Gasteiger partial charge in [0.25, 0.3) is 10.0 Å². The molecule has 1 N–H and O–H groups in total. The van der Waals surface area contributed by atoms with Gasteiger partial charge >= 0.3 is 0 Å². The van der Waals surface area contributed by atoms with Crippen molar-refractivity contribution in [2.24, 2.45) is 5.92 Å². The predicted octanol–water partition coefficient (Wildman–Crippen LogP) is 5.08. The SMILES string of the molecule is CC[C@@H](C(=O)NCC(C)C)N(Cc1ccccc1)C(=O)CN(c1ccc(C)c(C)c1)S(=O)(=O)c1ccccc1. The Morgan fingerprint density at radius 1 is 0.872 bits per heavy atom. The molecular formula is C31H39N3O4S. The maximum Gasteiger partial charge on any atom is 0.264 e. The fourth-order valence-corrected chi connectivity index (χ4v) is 5.68. The van der Waals surface area contributed by atoms with Crippen molar-refractivity contribution in [2.75, 3.05) is 17.4 Å². The van der Waals surface area contributed by atoms with Gasteiger partial charge in [0.15, 0.2) is 0 Å². The number of anilines is 1. The Kier molecular flexibility index (Phi) is 10.3. The topological polar surface area (TPSA) is 86.8 Å². The smallest absolute Gasteiger partial charge is 0.264 e. The van der Waals surface area contributed by atoms with E-state index in [9.17, 15) is 18.0 Å². The van der Waals surface area contributed by atoms with E-state index in [1.54, 1.807) is 30.3 Å². The Morgan fingerprint density at radius 2 is 1.49 bits per heavy atom. The Balaban J connectivity index is 2.04. The highest BCUT2D eigenvalue weighted by Crippen LogP contribution is 2.26. The van der Waals surface area contributed by atoms with Crippen molar-refractivity contribution in [1.82, 2.24) is 10.2 Å². The second-order valence-electron chi connectivity index (χ2n) is 10.2. The largest absolute Gasteiger partial charge is 0.354 e. The minimum Gasteiger partial charge on any atom is -0.354 e. The summed E-state index contributed by atoms with van der Waals surface area (Å²) in [5.41, 5.74) is 3.17. The Morgan fingerprint density at radius 3 is 2.05 bits per heavy atom. The number of amides is 2. The summed E-state index contributed by atoms with van der Waals surface area (Å²) in [7, 11) is -4.07. The number of nitrogens with zero attached hydrogens (tertiary/aromatic N) is 2. The summed E-state index contributed by atoms with van der Waals surface area (Å²) >= 11 is 0. The maximum absolute atomic E-state index is 14.0. The summed E-state index contributed by atoms with van der Waals surface area (Å²) < 4.78 is 28.9. The number of hydrogen-bond acceptors (Lipinski definition) is 4. The summed E-state index contributed by atoms with van der Waals surface area (Å²) in [6, 6.07) is 22.1. The van der Waals surface area contributed by atoms with E-state index in [0.29, 0.717) is 18.7 Å². The third kappa shape index (κ3) is 7.69. The molecule has 0 heterocycles. The van der Waals surface area contributed by atoms with E-state index < -0.39 is 28.5 Å². The monoisotopic (exact) mass is 549 g/mol. The van der Waals surface area contributed by atoms with Crippen LogP contribution in [0.5, 0.6) is 0 Å². The van der Waals surface area contributed by atoms with Crippen molar-refractivity contribution in [3.05, 3.63) is 95.6 Å². The van der Waals surface area contributed by atoms with Gasteiger partial charge in [-0.1, -0.05) is 75.4 Å². The van der Waals surface area contributed by atoms with Crippen molar-refractivity contribution >= 4 is 27.5 Å². The summed E-state index contributed by atoms with van der Waals surface area (Å²) in [5, 5.41) is 2.94. The van der Waals surface area contributed by atoms with E-state index >= 15 is 0 Å². The van der Waals surface area contributed by atoms with E-state index in [2.05, 4.69) is 5.32 Å². The number of hydrogen-bond donors (Lipinski definition) is 1. The highest BCUT2D eigenvalue weighted by Gasteiger charge is 2.33. The van der Waals surface area contributed by atoms with Crippen LogP contribution < -0.4 is 9.62 Å². The lowest BCUT2D eigenvalue weighted by molar-refractivity contribution is -0.140. The van der Waals surface area contributed by atoms with Gasteiger partial charge in [-0.25, -0.2) is 8.42 Å². The van der Waals surface area contributed by atoms with E-state index in [1.165, 1.54) is 17.0 Å². The lowest BCUT2D eigenvalue weighted by Crippen LogP contribution is -2.52. The number of rotatable bonds is 12. The minimum atomic E-state index is -4.07. The molecule has 208 valence electrons. The van der Waals surface area contributed by atoms with E-state index in [0.717, 1.165) is 21.0 Å².